The minimum Gasteiger partial charge on any atom is -0.322 e. The summed E-state index contributed by atoms with van der Waals surface area (Å²) >= 11 is 3.42. The van der Waals surface area contributed by atoms with E-state index in [1.165, 1.54) is 5.56 Å². The van der Waals surface area contributed by atoms with E-state index in [1.54, 1.807) is 0 Å². The lowest BCUT2D eigenvalue weighted by molar-refractivity contribution is 0.102. The highest BCUT2D eigenvalue weighted by molar-refractivity contribution is 9.10. The summed E-state index contributed by atoms with van der Waals surface area (Å²) in [5.41, 5.74) is 3.76. The predicted octanol–water partition coefficient (Wildman–Crippen LogP) is 5.13. The van der Waals surface area contributed by atoms with Crippen molar-refractivity contribution in [3.63, 3.8) is 0 Å². The van der Waals surface area contributed by atoms with Gasteiger partial charge in [0.1, 0.15) is 0 Å². The third-order valence-corrected chi connectivity index (χ3v) is 3.57. The summed E-state index contributed by atoms with van der Waals surface area (Å²) < 4.78 is 0.915. The zero-order valence-corrected chi connectivity index (χ0v) is 13.5. The van der Waals surface area contributed by atoms with Gasteiger partial charge in [0.2, 0.25) is 0 Å². The summed E-state index contributed by atoms with van der Waals surface area (Å²) in [6.45, 7) is 6.25. The molecule has 0 aliphatic heterocycles. The number of carbonyl (C=O) groups excluding carboxylic acids is 1. The molecule has 2 rings (SSSR count). The number of aryl methyl sites for hydroxylation is 1. The van der Waals surface area contributed by atoms with Crippen LogP contribution in [0.1, 0.15) is 41.3 Å². The van der Waals surface area contributed by atoms with E-state index < -0.39 is 0 Å². The van der Waals surface area contributed by atoms with Crippen molar-refractivity contribution < 1.29 is 4.79 Å². The molecule has 1 amide bonds. The Bertz CT molecular complexity index is 614. The fourth-order valence-electron chi connectivity index (χ4n) is 2.05. The number of amides is 1. The number of halogens is 1. The van der Waals surface area contributed by atoms with Crippen LogP contribution < -0.4 is 5.32 Å². The van der Waals surface area contributed by atoms with Crippen LogP contribution in [0.15, 0.2) is 46.9 Å². The first-order valence-electron chi connectivity index (χ1n) is 6.64. The lowest BCUT2D eigenvalue weighted by Gasteiger charge is -2.10. The van der Waals surface area contributed by atoms with E-state index in [9.17, 15) is 4.79 Å². The Kier molecular flexibility index (Phi) is 4.61. The smallest absolute Gasteiger partial charge is 0.255 e. The molecule has 0 atom stereocenters. The van der Waals surface area contributed by atoms with E-state index >= 15 is 0 Å². The van der Waals surface area contributed by atoms with Crippen molar-refractivity contribution in [2.75, 3.05) is 5.32 Å². The second-order valence-corrected chi connectivity index (χ2v) is 6.17. The van der Waals surface area contributed by atoms with E-state index in [0.29, 0.717) is 11.5 Å². The predicted molar refractivity (Wildman–Crippen MR) is 87.4 cm³/mol. The molecule has 0 saturated heterocycles. The number of hydrogen-bond donors (Lipinski definition) is 1. The molecular weight excluding hydrogens is 314 g/mol. The van der Waals surface area contributed by atoms with Crippen molar-refractivity contribution in [1.82, 2.24) is 0 Å². The summed E-state index contributed by atoms with van der Waals surface area (Å²) in [5, 5.41) is 2.95. The van der Waals surface area contributed by atoms with Gasteiger partial charge >= 0.3 is 0 Å². The zero-order valence-electron chi connectivity index (χ0n) is 11.9. The first kappa shape index (κ1) is 14.8. The highest BCUT2D eigenvalue weighted by atomic mass is 79.9. The fourth-order valence-corrected chi connectivity index (χ4v) is 2.65. The maximum Gasteiger partial charge on any atom is 0.255 e. The molecule has 2 aromatic carbocycles. The SMILES string of the molecule is Cc1cc(Br)cc(C(=O)Nc2cccc(C(C)C)c2)c1. The average Bonchev–Trinajstić information content (AvgIpc) is 2.37. The van der Waals surface area contributed by atoms with Crippen LogP contribution in [-0.2, 0) is 0 Å². The van der Waals surface area contributed by atoms with Crippen molar-refractivity contribution in [3.8, 4) is 0 Å². The molecule has 0 fully saturated rings. The van der Waals surface area contributed by atoms with Crippen LogP contribution in [0, 0.1) is 6.92 Å². The van der Waals surface area contributed by atoms with Gasteiger partial charge in [0.25, 0.3) is 5.91 Å². The lowest BCUT2D eigenvalue weighted by atomic mass is 10.0. The van der Waals surface area contributed by atoms with Gasteiger partial charge in [-0.2, -0.15) is 0 Å². The van der Waals surface area contributed by atoms with Gasteiger partial charge in [-0.05, 0) is 54.3 Å². The molecule has 0 unspecified atom stereocenters. The van der Waals surface area contributed by atoms with E-state index in [1.807, 2.05) is 43.3 Å². The van der Waals surface area contributed by atoms with E-state index in [4.69, 9.17) is 0 Å². The highest BCUT2D eigenvalue weighted by Crippen LogP contribution is 2.20. The van der Waals surface area contributed by atoms with Crippen LogP contribution in [0.3, 0.4) is 0 Å². The summed E-state index contributed by atoms with van der Waals surface area (Å²) in [6.07, 6.45) is 0. The molecule has 0 heterocycles. The third-order valence-electron chi connectivity index (χ3n) is 3.12. The number of rotatable bonds is 3. The highest BCUT2D eigenvalue weighted by Gasteiger charge is 2.08. The molecule has 0 saturated carbocycles. The standard InChI is InChI=1S/C17H18BrNO/c1-11(2)13-5-4-6-16(10-13)19-17(20)14-7-12(3)8-15(18)9-14/h4-11H,1-3H3,(H,19,20). The van der Waals surface area contributed by atoms with Gasteiger partial charge in [0, 0.05) is 15.7 Å². The average molecular weight is 332 g/mol. The van der Waals surface area contributed by atoms with Crippen molar-refractivity contribution in [1.29, 1.82) is 0 Å². The molecule has 0 aliphatic rings. The van der Waals surface area contributed by atoms with E-state index in [-0.39, 0.29) is 5.91 Å². The number of nitrogens with one attached hydrogen (secondary N) is 1. The Morgan fingerprint density at radius 1 is 1.15 bits per heavy atom. The van der Waals surface area contributed by atoms with Crippen LogP contribution in [0.2, 0.25) is 0 Å². The van der Waals surface area contributed by atoms with Gasteiger partial charge in [0.15, 0.2) is 0 Å². The lowest BCUT2D eigenvalue weighted by Crippen LogP contribution is -2.12. The molecule has 3 heteroatoms. The maximum atomic E-state index is 12.3. The quantitative estimate of drug-likeness (QED) is 0.829. The van der Waals surface area contributed by atoms with Crippen molar-refractivity contribution in [2.45, 2.75) is 26.7 Å². The summed E-state index contributed by atoms with van der Waals surface area (Å²) in [6, 6.07) is 13.7. The van der Waals surface area contributed by atoms with Gasteiger partial charge < -0.3 is 5.32 Å². The van der Waals surface area contributed by atoms with Crippen LogP contribution in [0.5, 0.6) is 0 Å². The molecule has 0 aliphatic carbocycles. The Morgan fingerprint density at radius 3 is 2.55 bits per heavy atom. The van der Waals surface area contributed by atoms with Crippen molar-refractivity contribution >= 4 is 27.5 Å². The van der Waals surface area contributed by atoms with E-state index in [0.717, 1.165) is 15.7 Å². The summed E-state index contributed by atoms with van der Waals surface area (Å²) in [5.74, 6) is 0.357. The normalized spacial score (nSPS) is 10.7. The maximum absolute atomic E-state index is 12.3. The Morgan fingerprint density at radius 2 is 1.90 bits per heavy atom. The molecule has 2 nitrogen and oxygen atoms in total. The zero-order chi connectivity index (χ0) is 14.7. The largest absolute Gasteiger partial charge is 0.322 e. The minimum atomic E-state index is -0.0877. The Hall–Kier alpha value is -1.61. The Labute approximate surface area is 128 Å². The molecule has 0 bridgehead atoms. The minimum absolute atomic E-state index is 0.0877. The van der Waals surface area contributed by atoms with Gasteiger partial charge in [-0.15, -0.1) is 0 Å². The van der Waals surface area contributed by atoms with Crippen LogP contribution in [0.25, 0.3) is 0 Å². The van der Waals surface area contributed by atoms with Gasteiger partial charge in [-0.1, -0.05) is 41.9 Å². The summed E-state index contributed by atoms with van der Waals surface area (Å²) in [4.78, 5) is 12.3. The second kappa shape index (κ2) is 6.23. The monoisotopic (exact) mass is 331 g/mol. The first-order valence-corrected chi connectivity index (χ1v) is 7.43. The second-order valence-electron chi connectivity index (χ2n) is 5.25. The molecule has 0 spiro atoms. The Balaban J connectivity index is 2.21. The van der Waals surface area contributed by atoms with Crippen LogP contribution in [-0.4, -0.2) is 5.91 Å². The molecule has 0 radical (unpaired) electrons. The topological polar surface area (TPSA) is 29.1 Å². The molecule has 104 valence electrons. The van der Waals surface area contributed by atoms with Crippen LogP contribution >= 0.6 is 15.9 Å². The van der Waals surface area contributed by atoms with Crippen LogP contribution in [0.4, 0.5) is 5.69 Å². The van der Waals surface area contributed by atoms with Gasteiger partial charge in [0.05, 0.1) is 0 Å². The molecule has 1 N–H and O–H groups in total. The molecule has 20 heavy (non-hydrogen) atoms. The van der Waals surface area contributed by atoms with E-state index in [2.05, 4.69) is 41.2 Å². The van der Waals surface area contributed by atoms with Crippen molar-refractivity contribution in [2.24, 2.45) is 0 Å². The molecular formula is C17H18BrNO. The summed E-state index contributed by atoms with van der Waals surface area (Å²) in [7, 11) is 0. The third kappa shape index (κ3) is 3.70. The van der Waals surface area contributed by atoms with Gasteiger partial charge in [-0.3, -0.25) is 4.79 Å². The first-order chi connectivity index (χ1) is 9.45. The number of anilines is 1. The molecule has 0 aromatic heterocycles. The number of hydrogen-bond acceptors (Lipinski definition) is 1. The number of carbonyl (C=O) groups is 1. The molecule has 2 aromatic rings. The fraction of sp³-hybridized carbons (Fsp3) is 0.235. The number of benzene rings is 2. The van der Waals surface area contributed by atoms with Crippen molar-refractivity contribution in [3.05, 3.63) is 63.6 Å². The van der Waals surface area contributed by atoms with Gasteiger partial charge in [-0.25, -0.2) is 0 Å².